The zero-order chi connectivity index (χ0) is 17.1. The number of carboxylic acid groups (broad SMARTS) is 2. The van der Waals surface area contributed by atoms with Crippen molar-refractivity contribution in [3.8, 4) is 0 Å². The Morgan fingerprint density at radius 1 is 1.00 bits per heavy atom. The predicted molar refractivity (Wildman–Crippen MR) is 81.4 cm³/mol. The molecule has 22 heavy (non-hydrogen) atoms. The van der Waals surface area contributed by atoms with Gasteiger partial charge in [0, 0.05) is 5.57 Å². The lowest BCUT2D eigenvalue weighted by Gasteiger charge is -2.18. The van der Waals surface area contributed by atoms with Crippen LogP contribution in [-0.2, 0) is 19.1 Å². The molecule has 2 N–H and O–H groups in total. The van der Waals surface area contributed by atoms with E-state index in [9.17, 15) is 14.4 Å². The van der Waals surface area contributed by atoms with Gasteiger partial charge in [0.2, 0.25) is 0 Å². The van der Waals surface area contributed by atoms with Crippen molar-refractivity contribution < 1.29 is 29.3 Å². The number of rotatable bonds is 12. The third-order valence-electron chi connectivity index (χ3n) is 3.37. The Morgan fingerprint density at radius 2 is 1.50 bits per heavy atom. The molecular formula is C16H26O6. The zero-order valence-corrected chi connectivity index (χ0v) is 13.3. The minimum Gasteiger partial charge on any atom is -0.481 e. The molecule has 0 fully saturated rings. The highest BCUT2D eigenvalue weighted by Gasteiger charge is 2.25. The standard InChI is InChI=1S/C16H26O6/c1-4-5-8-12(22-16(21)11(2)3)9-6-7-10-13(14(17)18)15(19)20/h12-13H,2,4-10H2,1,3H3,(H,17,18)(H,19,20). The van der Waals surface area contributed by atoms with Crippen LogP contribution in [0.1, 0.15) is 58.8 Å². The number of ether oxygens (including phenoxy) is 1. The van der Waals surface area contributed by atoms with Gasteiger partial charge in [-0.1, -0.05) is 32.8 Å². The van der Waals surface area contributed by atoms with Crippen molar-refractivity contribution in [2.45, 2.75) is 64.9 Å². The van der Waals surface area contributed by atoms with E-state index in [-0.39, 0.29) is 12.5 Å². The summed E-state index contributed by atoms with van der Waals surface area (Å²) in [6.45, 7) is 7.17. The van der Waals surface area contributed by atoms with Gasteiger partial charge in [-0.3, -0.25) is 9.59 Å². The molecule has 0 saturated carbocycles. The van der Waals surface area contributed by atoms with Crippen LogP contribution in [0.2, 0.25) is 0 Å². The molecule has 0 amide bonds. The summed E-state index contributed by atoms with van der Waals surface area (Å²) in [5.74, 6) is -4.42. The fourth-order valence-corrected chi connectivity index (χ4v) is 2.02. The van der Waals surface area contributed by atoms with Crippen molar-refractivity contribution >= 4 is 17.9 Å². The van der Waals surface area contributed by atoms with Crippen LogP contribution in [0.5, 0.6) is 0 Å². The molecule has 0 bridgehead atoms. The van der Waals surface area contributed by atoms with Gasteiger partial charge in [0.15, 0.2) is 5.92 Å². The zero-order valence-electron chi connectivity index (χ0n) is 13.3. The maximum atomic E-state index is 11.6. The molecule has 0 aliphatic rings. The lowest BCUT2D eigenvalue weighted by atomic mass is 9.99. The van der Waals surface area contributed by atoms with Crippen LogP contribution in [0, 0.1) is 5.92 Å². The van der Waals surface area contributed by atoms with Crippen LogP contribution >= 0.6 is 0 Å². The number of aliphatic carboxylic acids is 2. The summed E-state index contributed by atoms with van der Waals surface area (Å²) in [6, 6.07) is 0. The smallest absolute Gasteiger partial charge is 0.333 e. The number of unbranched alkanes of at least 4 members (excludes halogenated alkanes) is 2. The lowest BCUT2D eigenvalue weighted by Crippen LogP contribution is -2.23. The summed E-state index contributed by atoms with van der Waals surface area (Å²) in [5, 5.41) is 17.6. The molecule has 0 aromatic carbocycles. The highest BCUT2D eigenvalue weighted by molar-refractivity contribution is 5.92. The molecule has 0 saturated heterocycles. The van der Waals surface area contributed by atoms with Crippen LogP contribution in [0.15, 0.2) is 12.2 Å². The summed E-state index contributed by atoms with van der Waals surface area (Å²) in [4.78, 5) is 33.1. The van der Waals surface area contributed by atoms with Gasteiger partial charge in [-0.2, -0.15) is 0 Å². The van der Waals surface area contributed by atoms with Crippen molar-refractivity contribution in [2.75, 3.05) is 0 Å². The quantitative estimate of drug-likeness (QED) is 0.248. The maximum absolute atomic E-state index is 11.6. The van der Waals surface area contributed by atoms with E-state index in [1.165, 1.54) is 0 Å². The molecule has 0 spiro atoms. The Morgan fingerprint density at radius 3 is 1.95 bits per heavy atom. The highest BCUT2D eigenvalue weighted by Crippen LogP contribution is 2.17. The van der Waals surface area contributed by atoms with Crippen molar-refractivity contribution in [3.63, 3.8) is 0 Å². The van der Waals surface area contributed by atoms with E-state index in [2.05, 4.69) is 6.58 Å². The van der Waals surface area contributed by atoms with Gasteiger partial charge >= 0.3 is 17.9 Å². The Labute approximate surface area is 131 Å². The van der Waals surface area contributed by atoms with Crippen molar-refractivity contribution in [1.29, 1.82) is 0 Å². The summed E-state index contributed by atoms with van der Waals surface area (Å²) in [5.41, 5.74) is 0.346. The fourth-order valence-electron chi connectivity index (χ4n) is 2.02. The first-order valence-electron chi connectivity index (χ1n) is 7.61. The SMILES string of the molecule is C=C(C)C(=O)OC(CCCC)CCCCC(C(=O)O)C(=O)O. The van der Waals surface area contributed by atoms with E-state index < -0.39 is 23.8 Å². The monoisotopic (exact) mass is 314 g/mol. The Kier molecular flexibility index (Phi) is 9.91. The molecule has 1 atom stereocenters. The Hall–Kier alpha value is -1.85. The molecular weight excluding hydrogens is 288 g/mol. The van der Waals surface area contributed by atoms with Gasteiger partial charge in [0.05, 0.1) is 0 Å². The first kappa shape index (κ1) is 20.1. The highest BCUT2D eigenvalue weighted by atomic mass is 16.5. The molecule has 6 heteroatoms. The van der Waals surface area contributed by atoms with E-state index in [0.29, 0.717) is 24.8 Å². The molecule has 126 valence electrons. The third kappa shape index (κ3) is 8.44. The number of carbonyl (C=O) groups is 3. The summed E-state index contributed by atoms with van der Waals surface area (Å²) >= 11 is 0. The second-order valence-electron chi connectivity index (χ2n) is 5.46. The van der Waals surface area contributed by atoms with Gasteiger partial charge in [-0.05, 0) is 32.6 Å². The molecule has 0 rings (SSSR count). The van der Waals surface area contributed by atoms with Gasteiger partial charge in [-0.25, -0.2) is 4.79 Å². The molecule has 6 nitrogen and oxygen atoms in total. The topological polar surface area (TPSA) is 101 Å². The summed E-state index contributed by atoms with van der Waals surface area (Å²) < 4.78 is 5.34. The average molecular weight is 314 g/mol. The molecule has 0 aromatic rings. The minimum atomic E-state index is -1.37. The van der Waals surface area contributed by atoms with Crippen LogP contribution in [0.3, 0.4) is 0 Å². The van der Waals surface area contributed by atoms with E-state index in [1.807, 2.05) is 6.92 Å². The molecule has 0 aromatic heterocycles. The first-order valence-corrected chi connectivity index (χ1v) is 7.61. The van der Waals surface area contributed by atoms with Crippen molar-refractivity contribution in [3.05, 3.63) is 12.2 Å². The Balaban J connectivity index is 4.27. The predicted octanol–water partition coefficient (Wildman–Crippen LogP) is 3.01. The van der Waals surface area contributed by atoms with Crippen LogP contribution in [-0.4, -0.2) is 34.2 Å². The molecule has 0 heterocycles. The second-order valence-corrected chi connectivity index (χ2v) is 5.46. The Bertz CT molecular complexity index is 387. The molecule has 1 unspecified atom stereocenters. The van der Waals surface area contributed by atoms with E-state index in [0.717, 1.165) is 19.3 Å². The molecule has 0 aliphatic carbocycles. The average Bonchev–Trinajstić information content (AvgIpc) is 2.42. The first-order chi connectivity index (χ1) is 10.3. The van der Waals surface area contributed by atoms with Crippen molar-refractivity contribution in [1.82, 2.24) is 0 Å². The minimum absolute atomic E-state index is 0.0829. The number of carbonyl (C=O) groups excluding carboxylic acids is 1. The van der Waals surface area contributed by atoms with Crippen LogP contribution < -0.4 is 0 Å². The fraction of sp³-hybridized carbons (Fsp3) is 0.688. The third-order valence-corrected chi connectivity index (χ3v) is 3.37. The number of esters is 1. The van der Waals surface area contributed by atoms with Gasteiger partial charge in [-0.15, -0.1) is 0 Å². The normalized spacial score (nSPS) is 12.0. The summed E-state index contributed by atoms with van der Waals surface area (Å²) in [7, 11) is 0. The van der Waals surface area contributed by atoms with E-state index in [1.54, 1.807) is 6.92 Å². The molecule has 0 radical (unpaired) electrons. The maximum Gasteiger partial charge on any atom is 0.333 e. The van der Waals surface area contributed by atoms with Gasteiger partial charge < -0.3 is 14.9 Å². The second kappa shape index (κ2) is 10.8. The number of hydrogen-bond acceptors (Lipinski definition) is 4. The largest absolute Gasteiger partial charge is 0.481 e. The van der Waals surface area contributed by atoms with E-state index in [4.69, 9.17) is 14.9 Å². The van der Waals surface area contributed by atoms with Crippen molar-refractivity contribution in [2.24, 2.45) is 5.92 Å². The lowest BCUT2D eigenvalue weighted by molar-refractivity contribution is -0.154. The van der Waals surface area contributed by atoms with Gasteiger partial charge in [0.1, 0.15) is 6.10 Å². The number of carboxylic acids is 2. The van der Waals surface area contributed by atoms with Gasteiger partial charge in [0.25, 0.3) is 0 Å². The molecule has 0 aliphatic heterocycles. The van der Waals surface area contributed by atoms with Crippen LogP contribution in [0.4, 0.5) is 0 Å². The van der Waals surface area contributed by atoms with Crippen LogP contribution in [0.25, 0.3) is 0 Å². The summed E-state index contributed by atoms with van der Waals surface area (Å²) in [6.07, 6.45) is 4.21. The number of hydrogen-bond donors (Lipinski definition) is 2. The van der Waals surface area contributed by atoms with E-state index >= 15 is 0 Å².